The highest BCUT2D eigenvalue weighted by Crippen LogP contribution is 2.38. The maximum Gasteiger partial charge on any atom is 0.274 e. The van der Waals surface area contributed by atoms with E-state index >= 15 is 0 Å². The minimum atomic E-state index is -0.503. The van der Waals surface area contributed by atoms with E-state index in [0.717, 1.165) is 21.4 Å². The van der Waals surface area contributed by atoms with Crippen LogP contribution in [0.15, 0.2) is 36.4 Å². The molecule has 0 radical (unpaired) electrons. The Morgan fingerprint density at radius 2 is 2.04 bits per heavy atom. The number of nitro benzene ring substituents is 1. The van der Waals surface area contributed by atoms with Gasteiger partial charge < -0.3 is 4.74 Å². The third-order valence-electron chi connectivity index (χ3n) is 3.84. The van der Waals surface area contributed by atoms with Gasteiger partial charge in [0, 0.05) is 16.2 Å². The van der Waals surface area contributed by atoms with Gasteiger partial charge in [-0.25, -0.2) is 4.98 Å². The first kappa shape index (κ1) is 17.7. The lowest BCUT2D eigenvalue weighted by Crippen LogP contribution is -2.10. The van der Waals surface area contributed by atoms with Gasteiger partial charge in [-0.15, -0.1) is 11.3 Å². The molecule has 4 aromatic rings. The molecule has 136 valence electrons. The van der Waals surface area contributed by atoms with Crippen molar-refractivity contribution in [3.05, 3.63) is 56.4 Å². The first-order valence-corrected chi connectivity index (χ1v) is 9.60. The van der Waals surface area contributed by atoms with Crippen molar-refractivity contribution in [2.45, 2.75) is 0 Å². The molecule has 0 fully saturated rings. The minimum absolute atomic E-state index is 0.103. The number of rotatable bonds is 4. The molecule has 10 heteroatoms. The number of halogens is 1. The smallest absolute Gasteiger partial charge is 0.274 e. The quantitative estimate of drug-likeness (QED) is 0.356. The van der Waals surface area contributed by atoms with Gasteiger partial charge >= 0.3 is 0 Å². The van der Waals surface area contributed by atoms with E-state index in [4.69, 9.17) is 16.3 Å². The number of hydrogen-bond acceptors (Lipinski definition) is 7. The van der Waals surface area contributed by atoms with Crippen LogP contribution in [0.2, 0.25) is 5.02 Å². The fraction of sp³-hybridized carbons (Fsp3) is 0.0588. The monoisotopic (exact) mass is 419 g/mol. The number of benzene rings is 2. The van der Waals surface area contributed by atoms with Gasteiger partial charge in [0.25, 0.3) is 11.6 Å². The van der Waals surface area contributed by atoms with Crippen LogP contribution >= 0.6 is 34.3 Å². The molecule has 0 unspecified atom stereocenters. The SMILES string of the molecule is COc1cc([N+](=O)[O-])cc2sc(NC(=O)c3sc4ccccc4c3Cl)nc12. The fourth-order valence-electron chi connectivity index (χ4n) is 2.61. The van der Waals surface area contributed by atoms with Gasteiger partial charge in [0.05, 0.1) is 27.8 Å². The summed E-state index contributed by atoms with van der Waals surface area (Å²) in [5, 5.41) is 15.3. The average molecular weight is 420 g/mol. The first-order chi connectivity index (χ1) is 13.0. The predicted octanol–water partition coefficient (Wildman–Crippen LogP) is 5.33. The third kappa shape index (κ3) is 3.09. The molecular formula is C17H10ClN3O4S2. The number of ether oxygens (including phenoxy) is 1. The molecule has 0 saturated carbocycles. The zero-order valence-corrected chi connectivity index (χ0v) is 16.1. The molecular weight excluding hydrogens is 410 g/mol. The maximum atomic E-state index is 12.7. The van der Waals surface area contributed by atoms with Crippen molar-refractivity contribution in [3.63, 3.8) is 0 Å². The number of aromatic nitrogens is 1. The van der Waals surface area contributed by atoms with E-state index in [9.17, 15) is 14.9 Å². The second kappa shape index (κ2) is 6.76. The highest BCUT2D eigenvalue weighted by Gasteiger charge is 2.20. The summed E-state index contributed by atoms with van der Waals surface area (Å²) in [6, 6.07) is 10.2. The Kier molecular flexibility index (Phi) is 4.42. The van der Waals surface area contributed by atoms with Gasteiger partial charge in [-0.05, 0) is 6.07 Å². The number of thiophene rings is 1. The summed E-state index contributed by atoms with van der Waals surface area (Å²) in [6.45, 7) is 0. The van der Waals surface area contributed by atoms with E-state index in [1.54, 1.807) is 0 Å². The number of non-ortho nitro benzene ring substituents is 1. The Labute approximate surface area is 165 Å². The Morgan fingerprint density at radius 3 is 2.74 bits per heavy atom. The van der Waals surface area contributed by atoms with Crippen LogP contribution in [0.5, 0.6) is 5.75 Å². The number of amides is 1. The largest absolute Gasteiger partial charge is 0.494 e. The van der Waals surface area contributed by atoms with Gasteiger partial charge in [-0.3, -0.25) is 20.2 Å². The molecule has 0 aliphatic carbocycles. The summed E-state index contributed by atoms with van der Waals surface area (Å²) in [6.07, 6.45) is 0. The summed E-state index contributed by atoms with van der Waals surface area (Å²) in [7, 11) is 1.41. The zero-order valence-electron chi connectivity index (χ0n) is 13.7. The molecule has 0 aliphatic heterocycles. The molecule has 2 aromatic carbocycles. The Morgan fingerprint density at radius 1 is 1.26 bits per heavy atom. The van der Waals surface area contributed by atoms with Crippen LogP contribution in [-0.2, 0) is 0 Å². The average Bonchev–Trinajstić information content (AvgIpc) is 3.21. The molecule has 2 heterocycles. The van der Waals surface area contributed by atoms with Gasteiger partial charge in [-0.2, -0.15) is 0 Å². The van der Waals surface area contributed by atoms with E-state index in [1.807, 2.05) is 24.3 Å². The molecule has 1 N–H and O–H groups in total. The molecule has 7 nitrogen and oxygen atoms in total. The van der Waals surface area contributed by atoms with E-state index < -0.39 is 4.92 Å². The standard InChI is InChI=1S/C17H10ClN3O4S2/c1-25-10-6-8(21(23)24)7-12-14(10)19-17(27-12)20-16(22)15-13(18)9-4-2-3-5-11(9)26-15/h2-7H,1H3,(H,19,20,22). The Bertz CT molecular complexity index is 1220. The molecule has 0 spiro atoms. The third-order valence-corrected chi connectivity index (χ3v) is 6.43. The number of hydrogen-bond donors (Lipinski definition) is 1. The highest BCUT2D eigenvalue weighted by atomic mass is 35.5. The summed E-state index contributed by atoms with van der Waals surface area (Å²) in [5.41, 5.74) is 0.347. The van der Waals surface area contributed by atoms with Crippen molar-refractivity contribution in [1.82, 2.24) is 4.98 Å². The molecule has 2 aromatic heterocycles. The van der Waals surface area contributed by atoms with Crippen LogP contribution < -0.4 is 10.1 Å². The molecule has 0 aliphatic rings. The number of fused-ring (bicyclic) bond motifs is 2. The number of nitrogens with one attached hydrogen (secondary N) is 1. The van der Waals surface area contributed by atoms with E-state index in [1.165, 1.54) is 30.6 Å². The van der Waals surface area contributed by atoms with Gasteiger partial charge in [0.2, 0.25) is 0 Å². The van der Waals surface area contributed by atoms with Crippen molar-refractivity contribution in [1.29, 1.82) is 0 Å². The van der Waals surface area contributed by atoms with Crippen molar-refractivity contribution >= 4 is 71.3 Å². The molecule has 1 amide bonds. The summed E-state index contributed by atoms with van der Waals surface area (Å²) in [4.78, 5) is 27.9. The van der Waals surface area contributed by atoms with Gasteiger partial charge in [-0.1, -0.05) is 41.1 Å². The van der Waals surface area contributed by atoms with Crippen LogP contribution in [0.1, 0.15) is 9.67 Å². The lowest BCUT2D eigenvalue weighted by Gasteiger charge is -2.00. The van der Waals surface area contributed by atoms with E-state index in [2.05, 4.69) is 10.3 Å². The van der Waals surface area contributed by atoms with Crippen molar-refractivity contribution < 1.29 is 14.5 Å². The van der Waals surface area contributed by atoms with Crippen LogP contribution in [0, 0.1) is 10.1 Å². The molecule has 4 rings (SSSR count). The first-order valence-electron chi connectivity index (χ1n) is 7.59. The topological polar surface area (TPSA) is 94.4 Å². The number of methoxy groups -OCH3 is 1. The van der Waals surface area contributed by atoms with Crippen LogP contribution in [0.25, 0.3) is 20.3 Å². The fourth-order valence-corrected chi connectivity index (χ4v) is 4.94. The highest BCUT2D eigenvalue weighted by molar-refractivity contribution is 7.23. The maximum absolute atomic E-state index is 12.7. The minimum Gasteiger partial charge on any atom is -0.494 e. The molecule has 27 heavy (non-hydrogen) atoms. The van der Waals surface area contributed by atoms with Gasteiger partial charge in [0.15, 0.2) is 10.9 Å². The lowest BCUT2D eigenvalue weighted by atomic mass is 10.2. The number of carbonyl (C=O) groups excluding carboxylic acids is 1. The number of thiazole rings is 1. The summed E-state index contributed by atoms with van der Waals surface area (Å²) in [5.74, 6) is -0.107. The number of carbonyl (C=O) groups is 1. The summed E-state index contributed by atoms with van der Waals surface area (Å²) >= 11 is 8.76. The number of anilines is 1. The molecule has 0 bridgehead atoms. The van der Waals surface area contributed by atoms with E-state index in [0.29, 0.717) is 25.2 Å². The number of nitrogens with zero attached hydrogens (tertiary/aromatic N) is 2. The number of nitro groups is 1. The van der Waals surface area contributed by atoms with Crippen LogP contribution in [0.4, 0.5) is 10.8 Å². The second-order valence-electron chi connectivity index (χ2n) is 5.47. The van der Waals surface area contributed by atoms with Crippen LogP contribution in [0.3, 0.4) is 0 Å². The zero-order chi connectivity index (χ0) is 19.1. The Hall–Kier alpha value is -2.75. The predicted molar refractivity (Wildman–Crippen MR) is 108 cm³/mol. The second-order valence-corrected chi connectivity index (χ2v) is 7.93. The van der Waals surface area contributed by atoms with Crippen molar-refractivity contribution in [2.24, 2.45) is 0 Å². The van der Waals surface area contributed by atoms with E-state index in [-0.39, 0.29) is 17.3 Å². The van der Waals surface area contributed by atoms with Gasteiger partial charge in [0.1, 0.15) is 10.4 Å². The normalized spacial score (nSPS) is 11.0. The van der Waals surface area contributed by atoms with Crippen LogP contribution in [-0.4, -0.2) is 22.9 Å². The van der Waals surface area contributed by atoms with Crippen molar-refractivity contribution in [2.75, 3.05) is 12.4 Å². The molecule has 0 saturated heterocycles. The molecule has 0 atom stereocenters. The lowest BCUT2D eigenvalue weighted by molar-refractivity contribution is -0.384. The Balaban J connectivity index is 1.71. The van der Waals surface area contributed by atoms with Crippen molar-refractivity contribution in [3.8, 4) is 5.75 Å². The summed E-state index contributed by atoms with van der Waals surface area (Å²) < 4.78 is 6.64.